The lowest BCUT2D eigenvalue weighted by Crippen LogP contribution is -2.38. The number of amides is 1. The highest BCUT2D eigenvalue weighted by Gasteiger charge is 2.50. The molecule has 1 aromatic carbocycles. The second kappa shape index (κ2) is 7.69. The molecule has 2 saturated carbocycles. The van der Waals surface area contributed by atoms with Crippen LogP contribution in [-0.4, -0.2) is 43.1 Å². The third-order valence-electron chi connectivity index (χ3n) is 5.19. The number of benzene rings is 1. The average molecular weight is 390 g/mol. The van der Waals surface area contributed by atoms with Gasteiger partial charge in [-0.2, -0.15) is 5.26 Å². The van der Waals surface area contributed by atoms with Crippen molar-refractivity contribution in [1.29, 1.82) is 5.26 Å². The lowest BCUT2D eigenvalue weighted by Gasteiger charge is -2.21. The molecule has 0 radical (unpaired) electrons. The van der Waals surface area contributed by atoms with Crippen LogP contribution in [-0.2, 0) is 24.2 Å². The number of carbonyl (C=O) groups is 2. The van der Waals surface area contributed by atoms with Crippen molar-refractivity contribution in [3.05, 3.63) is 30.3 Å². The first-order chi connectivity index (χ1) is 12.9. The van der Waals surface area contributed by atoms with Gasteiger partial charge in [0.05, 0.1) is 28.6 Å². The fourth-order valence-corrected chi connectivity index (χ4v) is 5.49. The Morgan fingerprint density at radius 2 is 1.81 bits per heavy atom. The van der Waals surface area contributed by atoms with E-state index in [4.69, 9.17) is 4.74 Å². The van der Waals surface area contributed by atoms with Crippen LogP contribution in [0.4, 0.5) is 0 Å². The van der Waals surface area contributed by atoms with E-state index in [0.29, 0.717) is 0 Å². The van der Waals surface area contributed by atoms with Crippen LogP contribution in [0.1, 0.15) is 32.6 Å². The summed E-state index contributed by atoms with van der Waals surface area (Å²) in [5.41, 5.74) is 0. The molecule has 0 saturated heterocycles. The van der Waals surface area contributed by atoms with E-state index in [1.54, 1.807) is 25.1 Å². The molecule has 3 rings (SSSR count). The molecule has 27 heavy (non-hydrogen) atoms. The summed E-state index contributed by atoms with van der Waals surface area (Å²) in [7, 11) is -3.68. The molecule has 8 heteroatoms. The minimum Gasteiger partial charge on any atom is -0.466 e. The molecule has 0 aromatic heterocycles. The molecule has 3 atom stereocenters. The average Bonchev–Trinajstić information content (AvgIpc) is 3.39. The highest BCUT2D eigenvalue weighted by molar-refractivity contribution is 7.92. The number of nitriles is 1. The van der Waals surface area contributed by atoms with Crippen molar-refractivity contribution >= 4 is 21.7 Å². The number of hydrogen-bond donors (Lipinski definition) is 0. The van der Waals surface area contributed by atoms with E-state index < -0.39 is 38.8 Å². The van der Waals surface area contributed by atoms with E-state index in [-0.39, 0.29) is 30.4 Å². The summed E-state index contributed by atoms with van der Waals surface area (Å²) in [5.74, 6) is -2.75. The number of sulfone groups is 1. The summed E-state index contributed by atoms with van der Waals surface area (Å²) >= 11 is 0. The van der Waals surface area contributed by atoms with Crippen molar-refractivity contribution < 1.29 is 22.7 Å². The van der Waals surface area contributed by atoms with Gasteiger partial charge in [-0.05, 0) is 44.7 Å². The van der Waals surface area contributed by atoms with Gasteiger partial charge in [-0.1, -0.05) is 18.2 Å². The van der Waals surface area contributed by atoms with Crippen molar-refractivity contribution in [3.8, 4) is 6.19 Å². The van der Waals surface area contributed by atoms with Crippen molar-refractivity contribution in [2.45, 2.75) is 48.8 Å². The maximum atomic E-state index is 13.0. The Morgan fingerprint density at radius 1 is 1.19 bits per heavy atom. The summed E-state index contributed by atoms with van der Waals surface area (Å²) < 4.78 is 31.0. The number of esters is 1. The van der Waals surface area contributed by atoms with Gasteiger partial charge in [-0.3, -0.25) is 9.59 Å². The van der Waals surface area contributed by atoms with Crippen LogP contribution in [0, 0.1) is 23.3 Å². The van der Waals surface area contributed by atoms with E-state index in [1.165, 1.54) is 12.1 Å². The van der Waals surface area contributed by atoms with Gasteiger partial charge >= 0.3 is 5.97 Å². The first kappa shape index (κ1) is 19.4. The molecule has 0 N–H and O–H groups in total. The largest absolute Gasteiger partial charge is 0.466 e. The number of carbonyl (C=O) groups excluding carboxylic acids is 2. The van der Waals surface area contributed by atoms with Crippen LogP contribution < -0.4 is 0 Å². The van der Waals surface area contributed by atoms with E-state index in [0.717, 1.165) is 17.7 Å². The van der Waals surface area contributed by atoms with Crippen molar-refractivity contribution in [2.75, 3.05) is 6.61 Å². The van der Waals surface area contributed by atoms with Crippen molar-refractivity contribution in [3.63, 3.8) is 0 Å². The van der Waals surface area contributed by atoms with Crippen LogP contribution in [0.3, 0.4) is 0 Å². The highest BCUT2D eigenvalue weighted by Crippen LogP contribution is 2.41. The van der Waals surface area contributed by atoms with Crippen molar-refractivity contribution in [2.24, 2.45) is 11.8 Å². The van der Waals surface area contributed by atoms with E-state index in [1.807, 2.05) is 6.19 Å². The van der Waals surface area contributed by atoms with Gasteiger partial charge in [0.25, 0.3) is 0 Å². The fourth-order valence-electron chi connectivity index (χ4n) is 3.65. The Labute approximate surface area is 158 Å². The second-order valence-electron chi connectivity index (χ2n) is 6.96. The van der Waals surface area contributed by atoms with Gasteiger partial charge < -0.3 is 4.74 Å². The molecule has 1 amide bonds. The molecule has 0 heterocycles. The summed E-state index contributed by atoms with van der Waals surface area (Å²) in [5, 5.41) is 8.46. The molecule has 2 aliphatic carbocycles. The molecule has 0 aliphatic heterocycles. The first-order valence-corrected chi connectivity index (χ1v) is 10.6. The molecule has 0 spiro atoms. The zero-order valence-corrected chi connectivity index (χ0v) is 15.9. The molecule has 3 unspecified atom stereocenters. The van der Waals surface area contributed by atoms with Crippen LogP contribution in [0.25, 0.3) is 0 Å². The van der Waals surface area contributed by atoms with E-state index in [9.17, 15) is 23.3 Å². The van der Waals surface area contributed by atoms with Gasteiger partial charge in [0, 0.05) is 6.04 Å². The molecule has 2 fully saturated rings. The molecule has 0 bridgehead atoms. The highest BCUT2D eigenvalue weighted by atomic mass is 32.2. The Hall–Kier alpha value is -2.40. The zero-order valence-electron chi connectivity index (χ0n) is 15.1. The van der Waals surface area contributed by atoms with Gasteiger partial charge in [-0.15, -0.1) is 0 Å². The Kier molecular flexibility index (Phi) is 5.51. The van der Waals surface area contributed by atoms with Gasteiger partial charge in [0.1, 0.15) is 0 Å². The predicted molar refractivity (Wildman–Crippen MR) is 95.7 cm³/mol. The second-order valence-corrected chi connectivity index (χ2v) is 9.18. The number of rotatable bonds is 6. The summed E-state index contributed by atoms with van der Waals surface area (Å²) in [6.45, 7) is 1.81. The maximum absolute atomic E-state index is 13.0. The van der Waals surface area contributed by atoms with Crippen LogP contribution in [0.15, 0.2) is 35.2 Å². The standard InChI is InChI=1S/C19H22N2O5S/c1-2-26-19(23)17-11-15(27(24,25)14-6-4-3-5-7-14)10-16(17)18(22)21(12-20)13-8-9-13/h3-7,13,15-17H,2,8-11H2,1H3. The number of ether oxygens (including phenoxy) is 1. The molecular formula is C19H22N2O5S. The normalized spacial score (nSPS) is 24.8. The zero-order chi connectivity index (χ0) is 19.6. The van der Waals surface area contributed by atoms with Crippen LogP contribution in [0.2, 0.25) is 0 Å². The molecule has 144 valence electrons. The monoisotopic (exact) mass is 390 g/mol. The topological polar surface area (TPSA) is 105 Å². The lowest BCUT2D eigenvalue weighted by molar-refractivity contribution is -0.153. The van der Waals surface area contributed by atoms with Gasteiger partial charge in [-0.25, -0.2) is 13.3 Å². The SMILES string of the molecule is CCOC(=O)C1CC(S(=O)(=O)c2ccccc2)CC1C(=O)N(C#N)C1CC1. The Bertz CT molecular complexity index is 858. The lowest BCUT2D eigenvalue weighted by atomic mass is 9.94. The van der Waals surface area contributed by atoms with E-state index in [2.05, 4.69) is 0 Å². The molecule has 1 aromatic rings. The van der Waals surface area contributed by atoms with E-state index >= 15 is 0 Å². The minimum atomic E-state index is -3.68. The maximum Gasteiger partial charge on any atom is 0.309 e. The first-order valence-electron chi connectivity index (χ1n) is 9.08. The number of nitrogens with zero attached hydrogens (tertiary/aromatic N) is 2. The van der Waals surface area contributed by atoms with Gasteiger partial charge in [0.2, 0.25) is 5.91 Å². The summed E-state index contributed by atoms with van der Waals surface area (Å²) in [6, 6.07) is 7.89. The molecular weight excluding hydrogens is 368 g/mol. The Balaban J connectivity index is 1.88. The smallest absolute Gasteiger partial charge is 0.309 e. The van der Waals surface area contributed by atoms with Crippen LogP contribution >= 0.6 is 0 Å². The van der Waals surface area contributed by atoms with Gasteiger partial charge in [0.15, 0.2) is 16.0 Å². The Morgan fingerprint density at radius 3 is 2.37 bits per heavy atom. The quantitative estimate of drug-likeness (QED) is 0.417. The number of hydrogen-bond acceptors (Lipinski definition) is 6. The third-order valence-corrected chi connectivity index (χ3v) is 7.39. The molecule has 2 aliphatic rings. The predicted octanol–water partition coefficient (Wildman–Crippen LogP) is 1.89. The summed E-state index contributed by atoms with van der Waals surface area (Å²) in [6.07, 6.45) is 3.45. The minimum absolute atomic E-state index is 0.0183. The summed E-state index contributed by atoms with van der Waals surface area (Å²) in [4.78, 5) is 26.6. The van der Waals surface area contributed by atoms with Crippen molar-refractivity contribution in [1.82, 2.24) is 4.90 Å². The third kappa shape index (κ3) is 3.83. The fraction of sp³-hybridized carbons (Fsp3) is 0.526. The molecule has 7 nitrogen and oxygen atoms in total. The van der Waals surface area contributed by atoms with Crippen LogP contribution in [0.5, 0.6) is 0 Å².